The van der Waals surface area contributed by atoms with E-state index < -0.39 is 0 Å². The Labute approximate surface area is 146 Å². The van der Waals surface area contributed by atoms with E-state index in [0.29, 0.717) is 19.6 Å². The number of phenolic OH excluding ortho intramolecular Hbond substituents is 1. The minimum absolute atomic E-state index is 0.157. The molecule has 2 aromatic rings. The summed E-state index contributed by atoms with van der Waals surface area (Å²) in [5.74, 6) is 0.619. The number of primary amides is 1. The molecule has 1 amide bonds. The fourth-order valence-electron chi connectivity index (χ4n) is 3.08. The number of rotatable bonds is 6. The number of hydrogen-bond acceptors (Lipinski definition) is 6. The number of allylic oxidation sites excluding steroid dienone is 1. The fraction of sp³-hybridized carbons (Fsp3) is 0.333. The summed E-state index contributed by atoms with van der Waals surface area (Å²) in [6.07, 6.45) is 0.769. The van der Waals surface area contributed by atoms with E-state index >= 15 is 0 Å². The molecule has 0 fully saturated rings. The van der Waals surface area contributed by atoms with Gasteiger partial charge in [0.15, 0.2) is 0 Å². The molecule has 1 aliphatic rings. The quantitative estimate of drug-likeness (QED) is 0.738. The van der Waals surface area contributed by atoms with Crippen LogP contribution in [0, 0.1) is 13.8 Å². The number of carbonyl (C=O) groups excluding carboxylic acids is 1. The van der Waals surface area contributed by atoms with Crippen molar-refractivity contribution < 1.29 is 14.4 Å². The third-order valence-electron chi connectivity index (χ3n) is 4.37. The van der Waals surface area contributed by atoms with Gasteiger partial charge in [0.1, 0.15) is 11.5 Å². The first kappa shape index (κ1) is 16.9. The van der Waals surface area contributed by atoms with Gasteiger partial charge < -0.3 is 25.6 Å². The summed E-state index contributed by atoms with van der Waals surface area (Å²) in [7, 11) is 0. The van der Waals surface area contributed by atoms with Crippen LogP contribution >= 0.6 is 0 Å². The molecule has 0 saturated carbocycles. The zero-order valence-electron chi connectivity index (χ0n) is 14.4. The summed E-state index contributed by atoms with van der Waals surface area (Å²) < 4.78 is 5.22. The van der Waals surface area contributed by atoms with Gasteiger partial charge in [-0.3, -0.25) is 4.79 Å². The van der Waals surface area contributed by atoms with Crippen LogP contribution in [-0.4, -0.2) is 27.7 Å². The zero-order chi connectivity index (χ0) is 18.0. The molecule has 1 aliphatic heterocycles. The van der Waals surface area contributed by atoms with E-state index in [2.05, 4.69) is 15.4 Å². The molecule has 1 aromatic carbocycles. The Morgan fingerprint density at radius 1 is 1.44 bits per heavy atom. The second-order valence-corrected chi connectivity index (χ2v) is 6.25. The number of amides is 1. The van der Waals surface area contributed by atoms with E-state index in [0.717, 1.165) is 34.0 Å². The first-order valence-electron chi connectivity index (χ1n) is 8.13. The standard InChI is InChI=1S/C18H22N4O3/c1-11-15(12(2)25-21-11)7-16-17(8-18(19)24)22(10-20-16)9-13-4-3-5-14(23)6-13/h3-6,20,23H,7-10H2,1-2H3,(H2,19,24). The highest BCUT2D eigenvalue weighted by Crippen LogP contribution is 2.26. The molecule has 0 radical (unpaired) electrons. The van der Waals surface area contributed by atoms with Crippen LogP contribution in [0.5, 0.6) is 5.75 Å². The van der Waals surface area contributed by atoms with Crippen LogP contribution in [0.1, 0.15) is 29.0 Å². The molecule has 132 valence electrons. The van der Waals surface area contributed by atoms with E-state index in [-0.39, 0.29) is 18.1 Å². The first-order chi connectivity index (χ1) is 11.9. The third-order valence-corrected chi connectivity index (χ3v) is 4.37. The number of benzene rings is 1. The number of aryl methyl sites for hydroxylation is 2. The zero-order valence-corrected chi connectivity index (χ0v) is 14.4. The van der Waals surface area contributed by atoms with Crippen LogP contribution in [0.3, 0.4) is 0 Å². The number of phenols is 1. The van der Waals surface area contributed by atoms with E-state index in [9.17, 15) is 9.90 Å². The molecule has 0 aliphatic carbocycles. The summed E-state index contributed by atoms with van der Waals surface area (Å²) in [4.78, 5) is 13.6. The van der Waals surface area contributed by atoms with E-state index in [1.54, 1.807) is 18.2 Å². The molecule has 0 spiro atoms. The average molecular weight is 342 g/mol. The van der Waals surface area contributed by atoms with E-state index in [4.69, 9.17) is 10.3 Å². The van der Waals surface area contributed by atoms with Crippen molar-refractivity contribution >= 4 is 5.91 Å². The molecule has 7 nitrogen and oxygen atoms in total. The number of nitrogens with two attached hydrogens (primary N) is 1. The van der Waals surface area contributed by atoms with Crippen LogP contribution < -0.4 is 11.1 Å². The number of nitrogens with zero attached hydrogens (tertiary/aromatic N) is 2. The monoisotopic (exact) mass is 342 g/mol. The van der Waals surface area contributed by atoms with Crippen molar-refractivity contribution in [2.45, 2.75) is 33.2 Å². The molecule has 3 rings (SSSR count). The maximum absolute atomic E-state index is 11.6. The largest absolute Gasteiger partial charge is 0.508 e. The molecule has 0 bridgehead atoms. The Morgan fingerprint density at radius 3 is 2.88 bits per heavy atom. The lowest BCUT2D eigenvalue weighted by molar-refractivity contribution is -0.117. The summed E-state index contributed by atoms with van der Waals surface area (Å²) in [6.45, 7) is 4.94. The van der Waals surface area contributed by atoms with Crippen LogP contribution in [-0.2, 0) is 17.8 Å². The second-order valence-electron chi connectivity index (χ2n) is 6.25. The van der Waals surface area contributed by atoms with Gasteiger partial charge >= 0.3 is 0 Å². The lowest BCUT2D eigenvalue weighted by atomic mass is 10.1. The van der Waals surface area contributed by atoms with E-state index in [1.165, 1.54) is 0 Å². The summed E-state index contributed by atoms with van der Waals surface area (Å²) in [6, 6.07) is 7.09. The third kappa shape index (κ3) is 3.76. The summed E-state index contributed by atoms with van der Waals surface area (Å²) in [5.41, 5.74) is 10.1. The molecule has 0 saturated heterocycles. The Morgan fingerprint density at radius 2 is 2.24 bits per heavy atom. The summed E-state index contributed by atoms with van der Waals surface area (Å²) in [5, 5.41) is 17.0. The fourth-order valence-corrected chi connectivity index (χ4v) is 3.08. The average Bonchev–Trinajstić information content (AvgIpc) is 3.06. The highest BCUT2D eigenvalue weighted by molar-refractivity contribution is 5.76. The van der Waals surface area contributed by atoms with Gasteiger partial charge in [0.05, 0.1) is 18.8 Å². The Bertz CT molecular complexity index is 806. The van der Waals surface area contributed by atoms with Gasteiger partial charge in [-0.05, 0) is 31.5 Å². The molecule has 4 N–H and O–H groups in total. The molecule has 0 atom stereocenters. The number of aromatic nitrogens is 1. The molecule has 1 aromatic heterocycles. The maximum Gasteiger partial charge on any atom is 0.223 e. The van der Waals surface area contributed by atoms with Crippen molar-refractivity contribution in [1.82, 2.24) is 15.4 Å². The normalized spacial score (nSPS) is 14.1. The smallest absolute Gasteiger partial charge is 0.223 e. The summed E-state index contributed by atoms with van der Waals surface area (Å²) >= 11 is 0. The highest BCUT2D eigenvalue weighted by atomic mass is 16.5. The Hall–Kier alpha value is -2.96. The van der Waals surface area contributed by atoms with Crippen molar-refractivity contribution in [2.24, 2.45) is 5.73 Å². The minimum Gasteiger partial charge on any atom is -0.508 e. The van der Waals surface area contributed by atoms with Crippen LogP contribution in [0.4, 0.5) is 0 Å². The molecule has 25 heavy (non-hydrogen) atoms. The number of carbonyl (C=O) groups is 1. The van der Waals surface area contributed by atoms with Gasteiger partial charge in [0.25, 0.3) is 0 Å². The lowest BCUT2D eigenvalue weighted by Gasteiger charge is -2.21. The molecule has 2 heterocycles. The minimum atomic E-state index is -0.379. The Balaban J connectivity index is 1.86. The lowest BCUT2D eigenvalue weighted by Crippen LogP contribution is -2.25. The van der Waals surface area contributed by atoms with Gasteiger partial charge in [-0.1, -0.05) is 17.3 Å². The van der Waals surface area contributed by atoms with Crippen molar-refractivity contribution in [1.29, 1.82) is 0 Å². The number of nitrogens with one attached hydrogen (secondary N) is 1. The molecule has 7 heteroatoms. The van der Waals surface area contributed by atoms with Crippen molar-refractivity contribution in [2.75, 3.05) is 6.67 Å². The maximum atomic E-state index is 11.6. The second kappa shape index (κ2) is 6.88. The molecular weight excluding hydrogens is 320 g/mol. The van der Waals surface area contributed by atoms with Gasteiger partial charge in [0.2, 0.25) is 5.91 Å². The van der Waals surface area contributed by atoms with Crippen molar-refractivity contribution in [3.8, 4) is 5.75 Å². The van der Waals surface area contributed by atoms with Gasteiger partial charge in [-0.2, -0.15) is 0 Å². The first-order valence-corrected chi connectivity index (χ1v) is 8.13. The Kier molecular flexibility index (Phi) is 4.65. The van der Waals surface area contributed by atoms with E-state index in [1.807, 2.05) is 19.9 Å². The van der Waals surface area contributed by atoms with Crippen LogP contribution in [0.15, 0.2) is 40.2 Å². The molecule has 0 unspecified atom stereocenters. The van der Waals surface area contributed by atoms with Crippen LogP contribution in [0.2, 0.25) is 0 Å². The predicted molar refractivity (Wildman–Crippen MR) is 92.2 cm³/mol. The molecular formula is C18H22N4O3. The van der Waals surface area contributed by atoms with Crippen molar-refractivity contribution in [3.63, 3.8) is 0 Å². The topological polar surface area (TPSA) is 105 Å². The predicted octanol–water partition coefficient (Wildman–Crippen LogP) is 1.69. The highest BCUT2D eigenvalue weighted by Gasteiger charge is 2.25. The number of hydrogen-bond donors (Lipinski definition) is 3. The van der Waals surface area contributed by atoms with Crippen LogP contribution in [0.25, 0.3) is 0 Å². The number of aromatic hydroxyl groups is 1. The van der Waals surface area contributed by atoms with Gasteiger partial charge in [0, 0.05) is 29.9 Å². The van der Waals surface area contributed by atoms with Gasteiger partial charge in [-0.15, -0.1) is 0 Å². The van der Waals surface area contributed by atoms with Crippen molar-refractivity contribution in [3.05, 3.63) is 58.2 Å². The SMILES string of the molecule is Cc1noc(C)c1CC1=C(CC(N)=O)N(Cc2cccc(O)c2)CN1. The van der Waals surface area contributed by atoms with Gasteiger partial charge in [-0.25, -0.2) is 0 Å².